The number of carboxylic acid groups (broad SMARTS) is 1. The molecule has 0 bridgehead atoms. The minimum atomic E-state index is -3.45. The lowest BCUT2D eigenvalue weighted by molar-refractivity contribution is 0.0697. The molecule has 0 radical (unpaired) electrons. The quantitative estimate of drug-likeness (QED) is 0.830. The van der Waals surface area contributed by atoms with Gasteiger partial charge in [0.1, 0.15) is 0 Å². The van der Waals surface area contributed by atoms with Gasteiger partial charge in [-0.2, -0.15) is 0 Å². The van der Waals surface area contributed by atoms with Crippen LogP contribution in [0.25, 0.3) is 0 Å². The van der Waals surface area contributed by atoms with Crippen LogP contribution in [0.5, 0.6) is 0 Å². The normalized spacial score (nSPS) is 11.2. The van der Waals surface area contributed by atoms with Crippen LogP contribution in [0.2, 0.25) is 0 Å². The van der Waals surface area contributed by atoms with E-state index in [-0.39, 0.29) is 17.9 Å². The first kappa shape index (κ1) is 14.9. The van der Waals surface area contributed by atoms with Gasteiger partial charge < -0.3 is 5.11 Å². The van der Waals surface area contributed by atoms with Crippen LogP contribution in [0.15, 0.2) is 35.3 Å². The van der Waals surface area contributed by atoms with E-state index < -0.39 is 16.0 Å². The Morgan fingerprint density at radius 3 is 2.33 bits per heavy atom. The molecule has 0 aromatic heterocycles. The highest BCUT2D eigenvalue weighted by Gasteiger charge is 2.11. The fourth-order valence-corrected chi connectivity index (χ4v) is 2.66. The second-order valence-electron chi connectivity index (χ2n) is 3.60. The lowest BCUT2D eigenvalue weighted by atomic mass is 10.1. The standard InChI is InChI=1S/C11H12BrNO4S/c1-8(12)6-13-18(16,17)7-9-2-4-10(5-3-9)11(14)15/h2-5,13H,1,6-7H2,(H,14,15). The molecule has 0 aliphatic rings. The van der Waals surface area contributed by atoms with Gasteiger partial charge in [-0.15, -0.1) is 0 Å². The monoisotopic (exact) mass is 333 g/mol. The Labute approximate surface area is 114 Å². The molecule has 0 saturated carbocycles. The van der Waals surface area contributed by atoms with Crippen LogP contribution >= 0.6 is 15.9 Å². The van der Waals surface area contributed by atoms with Gasteiger partial charge in [0, 0.05) is 11.0 Å². The topological polar surface area (TPSA) is 83.5 Å². The average molecular weight is 334 g/mol. The summed E-state index contributed by atoms with van der Waals surface area (Å²) in [6.45, 7) is 3.64. The van der Waals surface area contributed by atoms with Crippen LogP contribution in [-0.2, 0) is 15.8 Å². The zero-order valence-corrected chi connectivity index (χ0v) is 11.8. The zero-order valence-electron chi connectivity index (χ0n) is 9.39. The largest absolute Gasteiger partial charge is 0.478 e. The van der Waals surface area contributed by atoms with Crippen molar-refractivity contribution in [1.82, 2.24) is 4.72 Å². The van der Waals surface area contributed by atoms with E-state index in [1.807, 2.05) is 0 Å². The van der Waals surface area contributed by atoms with Gasteiger partial charge in [0.05, 0.1) is 11.3 Å². The molecule has 0 saturated heterocycles. The van der Waals surface area contributed by atoms with Crippen molar-refractivity contribution in [1.29, 1.82) is 0 Å². The van der Waals surface area contributed by atoms with Crippen molar-refractivity contribution in [2.45, 2.75) is 5.75 Å². The Kier molecular flexibility index (Phi) is 5.06. The van der Waals surface area contributed by atoms with Crippen molar-refractivity contribution in [3.8, 4) is 0 Å². The predicted octanol–water partition coefficient (Wildman–Crippen LogP) is 1.71. The lowest BCUT2D eigenvalue weighted by Gasteiger charge is -2.06. The summed E-state index contributed by atoms with van der Waals surface area (Å²) in [5, 5.41) is 8.71. The molecular formula is C11H12BrNO4S. The summed E-state index contributed by atoms with van der Waals surface area (Å²) in [5.74, 6) is -1.24. The highest BCUT2D eigenvalue weighted by molar-refractivity contribution is 9.11. The molecule has 7 heteroatoms. The minimum absolute atomic E-state index is 0.121. The van der Waals surface area contributed by atoms with E-state index in [1.165, 1.54) is 24.3 Å². The molecule has 0 unspecified atom stereocenters. The smallest absolute Gasteiger partial charge is 0.335 e. The minimum Gasteiger partial charge on any atom is -0.478 e. The summed E-state index contributed by atoms with van der Waals surface area (Å²) in [4.78, 5) is 10.6. The highest BCUT2D eigenvalue weighted by Crippen LogP contribution is 2.08. The highest BCUT2D eigenvalue weighted by atomic mass is 79.9. The first-order chi connectivity index (χ1) is 8.30. The third-order valence-corrected chi connectivity index (χ3v) is 3.62. The fraction of sp³-hybridized carbons (Fsp3) is 0.182. The molecule has 0 fully saturated rings. The number of hydrogen-bond donors (Lipinski definition) is 2. The van der Waals surface area contributed by atoms with Crippen molar-refractivity contribution in [3.05, 3.63) is 46.5 Å². The summed E-state index contributed by atoms with van der Waals surface area (Å²) < 4.78 is 26.2. The van der Waals surface area contributed by atoms with Gasteiger partial charge in [0.2, 0.25) is 10.0 Å². The van der Waals surface area contributed by atoms with E-state index in [9.17, 15) is 13.2 Å². The van der Waals surface area contributed by atoms with Crippen molar-refractivity contribution in [2.75, 3.05) is 6.54 Å². The summed E-state index contributed by atoms with van der Waals surface area (Å²) in [6.07, 6.45) is 0. The molecule has 0 atom stereocenters. The van der Waals surface area contributed by atoms with Crippen LogP contribution in [0.3, 0.4) is 0 Å². The Morgan fingerprint density at radius 1 is 1.33 bits per heavy atom. The Morgan fingerprint density at radius 2 is 1.89 bits per heavy atom. The molecule has 0 aliphatic carbocycles. The number of aromatic carboxylic acids is 1. The number of nitrogens with one attached hydrogen (secondary N) is 1. The first-order valence-electron chi connectivity index (χ1n) is 4.93. The maximum Gasteiger partial charge on any atom is 0.335 e. The Hall–Kier alpha value is -1.18. The van der Waals surface area contributed by atoms with E-state index in [4.69, 9.17) is 5.11 Å². The van der Waals surface area contributed by atoms with Crippen LogP contribution in [-0.4, -0.2) is 26.0 Å². The van der Waals surface area contributed by atoms with Crippen LogP contribution in [0, 0.1) is 0 Å². The van der Waals surface area contributed by atoms with Crippen molar-refractivity contribution in [2.24, 2.45) is 0 Å². The molecule has 0 heterocycles. The van der Waals surface area contributed by atoms with Crippen LogP contribution in [0.4, 0.5) is 0 Å². The molecular weight excluding hydrogens is 322 g/mol. The van der Waals surface area contributed by atoms with Gasteiger partial charge in [0.15, 0.2) is 0 Å². The number of benzene rings is 1. The van der Waals surface area contributed by atoms with Gasteiger partial charge in [-0.05, 0) is 17.7 Å². The molecule has 5 nitrogen and oxygen atoms in total. The van der Waals surface area contributed by atoms with E-state index >= 15 is 0 Å². The van der Waals surface area contributed by atoms with E-state index in [1.54, 1.807) is 0 Å². The van der Waals surface area contributed by atoms with Crippen molar-refractivity contribution in [3.63, 3.8) is 0 Å². The summed E-state index contributed by atoms with van der Waals surface area (Å²) in [6, 6.07) is 5.70. The van der Waals surface area contributed by atoms with E-state index in [0.717, 1.165) is 0 Å². The Bertz CT molecular complexity index is 551. The van der Waals surface area contributed by atoms with E-state index in [0.29, 0.717) is 10.0 Å². The number of carboxylic acids is 1. The second kappa shape index (κ2) is 6.12. The molecule has 1 rings (SSSR count). The summed E-state index contributed by atoms with van der Waals surface area (Å²) in [7, 11) is -3.45. The van der Waals surface area contributed by atoms with Crippen molar-refractivity contribution >= 4 is 31.9 Å². The summed E-state index contributed by atoms with van der Waals surface area (Å²) >= 11 is 3.05. The number of sulfonamides is 1. The van der Waals surface area contributed by atoms with Gasteiger partial charge >= 0.3 is 5.97 Å². The molecule has 98 valence electrons. The first-order valence-corrected chi connectivity index (χ1v) is 7.37. The fourth-order valence-electron chi connectivity index (χ4n) is 1.20. The predicted molar refractivity (Wildman–Crippen MR) is 72.1 cm³/mol. The number of halogens is 1. The number of carbonyl (C=O) groups is 1. The van der Waals surface area contributed by atoms with Crippen LogP contribution < -0.4 is 4.72 Å². The molecule has 0 amide bonds. The SMILES string of the molecule is C=C(Br)CNS(=O)(=O)Cc1ccc(C(=O)O)cc1. The van der Waals surface area contributed by atoms with E-state index in [2.05, 4.69) is 27.2 Å². The molecule has 2 N–H and O–H groups in total. The zero-order chi connectivity index (χ0) is 13.8. The van der Waals surface area contributed by atoms with Gasteiger partial charge in [-0.3, -0.25) is 0 Å². The van der Waals surface area contributed by atoms with Gasteiger partial charge in [0.25, 0.3) is 0 Å². The number of hydrogen-bond acceptors (Lipinski definition) is 3. The molecule has 18 heavy (non-hydrogen) atoms. The average Bonchev–Trinajstić information content (AvgIpc) is 2.27. The second-order valence-corrected chi connectivity index (χ2v) is 6.53. The maximum atomic E-state index is 11.6. The van der Waals surface area contributed by atoms with Gasteiger partial charge in [-0.1, -0.05) is 34.6 Å². The van der Waals surface area contributed by atoms with Gasteiger partial charge in [-0.25, -0.2) is 17.9 Å². The molecule has 1 aromatic carbocycles. The van der Waals surface area contributed by atoms with Crippen LogP contribution in [0.1, 0.15) is 15.9 Å². The third kappa shape index (κ3) is 4.99. The third-order valence-electron chi connectivity index (χ3n) is 2.04. The lowest BCUT2D eigenvalue weighted by Crippen LogP contribution is -2.26. The molecule has 0 aliphatic heterocycles. The summed E-state index contributed by atoms with van der Waals surface area (Å²) in [5.41, 5.74) is 0.644. The molecule has 0 spiro atoms. The van der Waals surface area contributed by atoms with Crippen molar-refractivity contribution < 1.29 is 18.3 Å². The Balaban J connectivity index is 2.72. The maximum absolute atomic E-state index is 11.6. The number of rotatable bonds is 6. The molecule has 1 aromatic rings.